The smallest absolute Gasteiger partial charge is 0.329 e. The first-order chi connectivity index (χ1) is 11.9. The molecule has 1 amide bonds. The normalized spacial score (nSPS) is 12.0. The number of nitrogens with one attached hydrogen (secondary N) is 1. The molecular weight excluding hydrogens is 366 g/mol. The molecule has 1 N–H and O–H groups in total. The summed E-state index contributed by atoms with van der Waals surface area (Å²) in [7, 11) is 0. The Bertz CT molecular complexity index is 773. The van der Waals surface area contributed by atoms with Crippen LogP contribution in [0.15, 0.2) is 12.3 Å². The number of ether oxygens (including phenoxy) is 1. The fraction of sp³-hybridized carbons (Fsp3) is 0.467. The lowest BCUT2D eigenvalue weighted by atomic mass is 10.3. The molecule has 0 aliphatic rings. The molecule has 1 atom stereocenters. The third-order valence-corrected chi connectivity index (χ3v) is 4.42. The predicted octanol–water partition coefficient (Wildman–Crippen LogP) is 1.45. The number of aryl methyl sites for hydroxylation is 1. The molecule has 2 aromatic rings. The van der Waals surface area contributed by atoms with E-state index in [4.69, 9.17) is 16.3 Å². The molecule has 0 bridgehead atoms. The average molecular weight is 386 g/mol. The van der Waals surface area contributed by atoms with E-state index in [9.17, 15) is 9.59 Å². The number of aromatic nitrogens is 4. The van der Waals surface area contributed by atoms with Crippen LogP contribution in [0.25, 0.3) is 0 Å². The van der Waals surface area contributed by atoms with Crippen LogP contribution in [0.1, 0.15) is 28.8 Å². The highest BCUT2D eigenvalue weighted by molar-refractivity contribution is 7.80. The monoisotopic (exact) mass is 385 g/mol. The van der Waals surface area contributed by atoms with Gasteiger partial charge in [0, 0.05) is 11.9 Å². The van der Waals surface area contributed by atoms with Gasteiger partial charge < -0.3 is 10.1 Å². The van der Waals surface area contributed by atoms with Gasteiger partial charge in [0.2, 0.25) is 0 Å². The molecular formula is C15H20ClN5O3S. The Morgan fingerprint density at radius 1 is 1.40 bits per heavy atom. The van der Waals surface area contributed by atoms with Crippen LogP contribution < -0.4 is 5.32 Å². The van der Waals surface area contributed by atoms with Crippen molar-refractivity contribution in [2.24, 2.45) is 0 Å². The fourth-order valence-electron chi connectivity index (χ4n) is 2.17. The number of rotatable bonds is 7. The number of amides is 1. The molecule has 0 saturated heterocycles. The van der Waals surface area contributed by atoms with Crippen LogP contribution in [-0.4, -0.2) is 49.8 Å². The molecule has 2 heterocycles. The molecule has 0 saturated carbocycles. The molecule has 0 spiro atoms. The van der Waals surface area contributed by atoms with Gasteiger partial charge in [-0.05, 0) is 26.8 Å². The Morgan fingerprint density at radius 2 is 2.12 bits per heavy atom. The van der Waals surface area contributed by atoms with Gasteiger partial charge in [-0.2, -0.15) is 22.8 Å². The molecule has 0 aliphatic carbocycles. The zero-order chi connectivity index (χ0) is 18.6. The lowest BCUT2D eigenvalue weighted by Gasteiger charge is -2.14. The summed E-state index contributed by atoms with van der Waals surface area (Å²) in [6.07, 6.45) is 1.65. The summed E-state index contributed by atoms with van der Waals surface area (Å²) in [5.41, 5.74) is 1.73. The van der Waals surface area contributed by atoms with E-state index >= 15 is 0 Å². The van der Waals surface area contributed by atoms with Gasteiger partial charge in [0.05, 0.1) is 23.0 Å². The van der Waals surface area contributed by atoms with Crippen LogP contribution in [-0.2, 0) is 16.2 Å². The van der Waals surface area contributed by atoms with Crippen molar-refractivity contribution in [2.45, 2.75) is 33.5 Å². The standard InChI is InChI=1S/C15H20ClN5O3S/c1-4-24-15(23)12(7-25)17-14(22)11-5-6-20(19-11)8-21-10(3)13(16)9(2)18-21/h5-6,12,25H,4,7-8H2,1-3H3,(H,17,22)/t12-/m0/s1. The summed E-state index contributed by atoms with van der Waals surface area (Å²) in [5.74, 6) is -0.866. The Kier molecular flexibility index (Phi) is 6.49. The number of thiol groups is 1. The molecule has 136 valence electrons. The SMILES string of the molecule is CCOC(=O)[C@H](CS)NC(=O)c1ccn(Cn2nc(C)c(Cl)c2C)n1. The van der Waals surface area contributed by atoms with Crippen LogP contribution in [0.2, 0.25) is 5.02 Å². The number of nitrogens with zero attached hydrogens (tertiary/aromatic N) is 4. The minimum atomic E-state index is -0.823. The van der Waals surface area contributed by atoms with Crippen molar-refractivity contribution in [3.63, 3.8) is 0 Å². The Morgan fingerprint density at radius 3 is 2.68 bits per heavy atom. The van der Waals surface area contributed by atoms with Gasteiger partial charge in [0.25, 0.3) is 5.91 Å². The lowest BCUT2D eigenvalue weighted by Crippen LogP contribution is -2.43. The summed E-state index contributed by atoms with van der Waals surface area (Å²) in [6, 6.07) is 0.736. The van der Waals surface area contributed by atoms with E-state index in [0.29, 0.717) is 11.7 Å². The van der Waals surface area contributed by atoms with E-state index in [1.165, 1.54) is 0 Å². The average Bonchev–Trinajstić information content (AvgIpc) is 3.14. The predicted molar refractivity (Wildman–Crippen MR) is 96.1 cm³/mol. The van der Waals surface area contributed by atoms with Crippen molar-refractivity contribution in [2.75, 3.05) is 12.4 Å². The number of hydrogen-bond donors (Lipinski definition) is 2. The third kappa shape index (κ3) is 4.55. The van der Waals surface area contributed by atoms with Gasteiger partial charge in [0.15, 0.2) is 0 Å². The lowest BCUT2D eigenvalue weighted by molar-refractivity contribution is -0.144. The Labute approximate surface area is 155 Å². The summed E-state index contributed by atoms with van der Waals surface area (Å²) in [5, 5.41) is 11.7. The highest BCUT2D eigenvalue weighted by Gasteiger charge is 2.22. The van der Waals surface area contributed by atoms with Crippen molar-refractivity contribution in [1.82, 2.24) is 24.9 Å². The summed E-state index contributed by atoms with van der Waals surface area (Å²) >= 11 is 10.2. The maximum Gasteiger partial charge on any atom is 0.329 e. The Hall–Kier alpha value is -2.00. The molecule has 25 heavy (non-hydrogen) atoms. The molecule has 0 unspecified atom stereocenters. The summed E-state index contributed by atoms with van der Waals surface area (Å²) in [4.78, 5) is 24.0. The minimum Gasteiger partial charge on any atom is -0.464 e. The number of carbonyl (C=O) groups excluding carboxylic acids is 2. The quantitative estimate of drug-likeness (QED) is 0.556. The van der Waals surface area contributed by atoms with Crippen LogP contribution in [0.5, 0.6) is 0 Å². The van der Waals surface area contributed by atoms with Crippen LogP contribution >= 0.6 is 24.2 Å². The van der Waals surface area contributed by atoms with Crippen molar-refractivity contribution >= 4 is 36.1 Å². The molecule has 8 nitrogen and oxygen atoms in total. The first-order valence-corrected chi connectivity index (χ1v) is 8.69. The van der Waals surface area contributed by atoms with Crippen LogP contribution in [0.3, 0.4) is 0 Å². The number of carbonyl (C=O) groups is 2. The van der Waals surface area contributed by atoms with Crippen molar-refractivity contribution in [3.8, 4) is 0 Å². The van der Waals surface area contributed by atoms with Crippen molar-refractivity contribution in [3.05, 3.63) is 34.4 Å². The van der Waals surface area contributed by atoms with Gasteiger partial charge in [-0.25, -0.2) is 9.48 Å². The second-order valence-corrected chi connectivity index (χ2v) is 6.07. The molecule has 0 radical (unpaired) electrons. The minimum absolute atomic E-state index is 0.134. The number of esters is 1. The second kappa shape index (κ2) is 8.39. The maximum atomic E-state index is 12.2. The van der Waals surface area contributed by atoms with Gasteiger partial charge in [-0.15, -0.1) is 0 Å². The second-order valence-electron chi connectivity index (χ2n) is 5.33. The van der Waals surface area contributed by atoms with Gasteiger partial charge in [0.1, 0.15) is 18.4 Å². The zero-order valence-electron chi connectivity index (χ0n) is 14.2. The molecule has 0 aliphatic heterocycles. The largest absolute Gasteiger partial charge is 0.464 e. The summed E-state index contributed by atoms with van der Waals surface area (Å²) in [6.45, 7) is 5.93. The first kappa shape index (κ1) is 19.3. The highest BCUT2D eigenvalue weighted by atomic mass is 35.5. The fourth-order valence-corrected chi connectivity index (χ4v) is 2.54. The van der Waals surface area contributed by atoms with E-state index in [1.54, 1.807) is 28.6 Å². The van der Waals surface area contributed by atoms with Crippen LogP contribution in [0.4, 0.5) is 0 Å². The zero-order valence-corrected chi connectivity index (χ0v) is 15.8. The van der Waals surface area contributed by atoms with E-state index in [2.05, 4.69) is 28.1 Å². The van der Waals surface area contributed by atoms with E-state index in [1.807, 2.05) is 13.8 Å². The highest BCUT2D eigenvalue weighted by Crippen LogP contribution is 2.18. The van der Waals surface area contributed by atoms with Crippen LogP contribution in [0, 0.1) is 13.8 Å². The van der Waals surface area contributed by atoms with E-state index in [-0.39, 0.29) is 18.1 Å². The van der Waals surface area contributed by atoms with Crippen molar-refractivity contribution < 1.29 is 14.3 Å². The van der Waals surface area contributed by atoms with Gasteiger partial charge in [-0.3, -0.25) is 9.48 Å². The van der Waals surface area contributed by atoms with Gasteiger partial charge in [-0.1, -0.05) is 11.6 Å². The van der Waals surface area contributed by atoms with E-state index < -0.39 is 17.9 Å². The molecule has 2 aromatic heterocycles. The molecule has 2 rings (SSSR count). The molecule has 10 heteroatoms. The first-order valence-electron chi connectivity index (χ1n) is 7.68. The third-order valence-electron chi connectivity index (χ3n) is 3.50. The molecule has 0 fully saturated rings. The van der Waals surface area contributed by atoms with E-state index in [0.717, 1.165) is 11.4 Å². The topological polar surface area (TPSA) is 91.0 Å². The molecule has 0 aromatic carbocycles. The number of halogens is 1. The van der Waals surface area contributed by atoms with Crippen molar-refractivity contribution in [1.29, 1.82) is 0 Å². The Balaban J connectivity index is 2.05. The van der Waals surface area contributed by atoms with Gasteiger partial charge >= 0.3 is 5.97 Å². The summed E-state index contributed by atoms with van der Waals surface area (Å²) < 4.78 is 8.15. The maximum absolute atomic E-state index is 12.2. The number of hydrogen-bond acceptors (Lipinski definition) is 6.